The Morgan fingerprint density at radius 3 is 2.44 bits per heavy atom. The van der Waals surface area contributed by atoms with Crippen LogP contribution in [-0.2, 0) is 17.6 Å². The van der Waals surface area contributed by atoms with Crippen LogP contribution >= 0.6 is 0 Å². The number of rotatable bonds is 4. The van der Waals surface area contributed by atoms with E-state index >= 15 is 0 Å². The van der Waals surface area contributed by atoms with Crippen LogP contribution in [0.15, 0.2) is 34.7 Å². The average molecular weight is 372 g/mol. The van der Waals surface area contributed by atoms with Gasteiger partial charge < -0.3 is 13.9 Å². The molecule has 0 spiro atoms. The van der Waals surface area contributed by atoms with E-state index in [1.165, 1.54) is 12.1 Å². The third kappa shape index (κ3) is 3.16. The molecule has 27 heavy (non-hydrogen) atoms. The molecule has 0 aliphatic heterocycles. The second-order valence-electron chi connectivity index (χ2n) is 6.59. The van der Waals surface area contributed by atoms with Gasteiger partial charge in [0.05, 0.1) is 6.61 Å². The minimum absolute atomic E-state index is 0.224. The van der Waals surface area contributed by atoms with Crippen molar-refractivity contribution in [1.29, 1.82) is 0 Å². The number of carbonyl (C=O) groups is 1. The monoisotopic (exact) mass is 372 g/mol. The minimum Gasteiger partial charge on any atom is -0.490 e. The summed E-state index contributed by atoms with van der Waals surface area (Å²) in [7, 11) is 0. The first-order valence-corrected chi connectivity index (χ1v) is 8.80. The molecule has 0 bridgehead atoms. The summed E-state index contributed by atoms with van der Waals surface area (Å²) in [5.41, 5.74) is 2.47. The number of fused-ring (bicyclic) bond motifs is 2. The minimum atomic E-state index is -0.844. The van der Waals surface area contributed by atoms with E-state index < -0.39 is 17.6 Å². The third-order valence-corrected chi connectivity index (χ3v) is 4.76. The second kappa shape index (κ2) is 6.68. The first kappa shape index (κ1) is 17.5. The van der Waals surface area contributed by atoms with E-state index in [0.29, 0.717) is 40.9 Å². The standard InChI is InChI=1S/C21H18F2O4/c1-3-25-21(24)20-11(2)26-19-5-4-14(10-16(19)20)27-15-6-12-8-17(22)18(23)9-13(12)7-15/h4-5,8-10,15H,3,6-7H2,1-2H3. The van der Waals surface area contributed by atoms with Crippen LogP contribution in [0.3, 0.4) is 0 Å². The van der Waals surface area contributed by atoms with Crippen molar-refractivity contribution in [3.8, 4) is 5.75 Å². The van der Waals surface area contributed by atoms with Crippen LogP contribution in [0.2, 0.25) is 0 Å². The van der Waals surface area contributed by atoms with Crippen molar-refractivity contribution in [2.24, 2.45) is 0 Å². The van der Waals surface area contributed by atoms with Gasteiger partial charge in [-0.1, -0.05) is 0 Å². The quantitative estimate of drug-likeness (QED) is 0.621. The lowest BCUT2D eigenvalue weighted by atomic mass is 10.1. The molecule has 4 nitrogen and oxygen atoms in total. The zero-order valence-corrected chi connectivity index (χ0v) is 15.0. The van der Waals surface area contributed by atoms with Gasteiger partial charge in [0, 0.05) is 18.2 Å². The summed E-state index contributed by atoms with van der Waals surface area (Å²) in [6, 6.07) is 7.69. The fourth-order valence-electron chi connectivity index (χ4n) is 3.58. The predicted octanol–water partition coefficient (Wildman–Crippen LogP) is 4.74. The van der Waals surface area contributed by atoms with Crippen LogP contribution in [0, 0.1) is 18.6 Å². The number of hydrogen-bond donors (Lipinski definition) is 0. The molecule has 0 saturated carbocycles. The summed E-state index contributed by atoms with van der Waals surface area (Å²) in [5.74, 6) is -1.08. The first-order valence-electron chi connectivity index (χ1n) is 8.80. The zero-order chi connectivity index (χ0) is 19.1. The SMILES string of the molecule is CCOC(=O)c1c(C)oc2ccc(OC3Cc4cc(F)c(F)cc4C3)cc12. The van der Waals surface area contributed by atoms with E-state index in [4.69, 9.17) is 13.9 Å². The molecule has 0 saturated heterocycles. The van der Waals surface area contributed by atoms with E-state index in [1.807, 2.05) is 0 Å². The van der Waals surface area contributed by atoms with Crippen molar-refractivity contribution in [3.05, 3.63) is 64.4 Å². The van der Waals surface area contributed by atoms with Crippen LogP contribution in [0.25, 0.3) is 11.0 Å². The Bertz CT molecular complexity index is 1010. The molecule has 0 atom stereocenters. The van der Waals surface area contributed by atoms with E-state index in [9.17, 15) is 13.6 Å². The highest BCUT2D eigenvalue weighted by molar-refractivity contribution is 6.04. The van der Waals surface area contributed by atoms with Gasteiger partial charge in [0.25, 0.3) is 0 Å². The highest BCUT2D eigenvalue weighted by Crippen LogP contribution is 2.32. The lowest BCUT2D eigenvalue weighted by Crippen LogP contribution is -2.16. The van der Waals surface area contributed by atoms with Crippen LogP contribution < -0.4 is 4.74 Å². The number of esters is 1. The smallest absolute Gasteiger partial charge is 0.342 e. The van der Waals surface area contributed by atoms with Crippen molar-refractivity contribution >= 4 is 16.9 Å². The summed E-state index contributed by atoms with van der Waals surface area (Å²) in [5, 5.41) is 0.621. The lowest BCUT2D eigenvalue weighted by Gasteiger charge is -2.13. The first-order chi connectivity index (χ1) is 13.0. The Kier molecular flexibility index (Phi) is 4.34. The molecule has 6 heteroatoms. The number of aryl methyl sites for hydroxylation is 1. The fourth-order valence-corrected chi connectivity index (χ4v) is 3.58. The summed E-state index contributed by atoms with van der Waals surface area (Å²) in [6.45, 7) is 3.73. The van der Waals surface area contributed by atoms with Crippen LogP contribution in [0.1, 0.15) is 34.2 Å². The van der Waals surface area contributed by atoms with Gasteiger partial charge in [-0.25, -0.2) is 13.6 Å². The molecule has 0 radical (unpaired) electrons. The van der Waals surface area contributed by atoms with Gasteiger partial charge in [0.2, 0.25) is 0 Å². The summed E-state index contributed by atoms with van der Waals surface area (Å²) < 4.78 is 43.6. The Balaban J connectivity index is 1.60. The van der Waals surface area contributed by atoms with Crippen molar-refractivity contribution < 1.29 is 27.5 Å². The van der Waals surface area contributed by atoms with Crippen molar-refractivity contribution in [1.82, 2.24) is 0 Å². The van der Waals surface area contributed by atoms with Crippen LogP contribution in [-0.4, -0.2) is 18.7 Å². The fraction of sp³-hybridized carbons (Fsp3) is 0.286. The van der Waals surface area contributed by atoms with Gasteiger partial charge in [0.15, 0.2) is 11.6 Å². The number of carbonyl (C=O) groups excluding carboxylic acids is 1. The number of hydrogen-bond acceptors (Lipinski definition) is 4. The largest absolute Gasteiger partial charge is 0.490 e. The molecule has 4 rings (SSSR count). The van der Waals surface area contributed by atoms with E-state index in [1.54, 1.807) is 32.0 Å². The predicted molar refractivity (Wildman–Crippen MR) is 95.1 cm³/mol. The Hall–Kier alpha value is -2.89. The number of furan rings is 1. The molecule has 2 aromatic carbocycles. The molecule has 1 aliphatic carbocycles. The average Bonchev–Trinajstić information content (AvgIpc) is 3.14. The van der Waals surface area contributed by atoms with Crippen molar-refractivity contribution in [2.45, 2.75) is 32.8 Å². The van der Waals surface area contributed by atoms with Gasteiger partial charge in [-0.15, -0.1) is 0 Å². The molecule has 0 fully saturated rings. The highest BCUT2D eigenvalue weighted by Gasteiger charge is 2.26. The van der Waals surface area contributed by atoms with E-state index in [2.05, 4.69) is 0 Å². The number of ether oxygens (including phenoxy) is 2. The number of benzene rings is 2. The van der Waals surface area contributed by atoms with Gasteiger partial charge in [-0.2, -0.15) is 0 Å². The molecular formula is C21H18F2O4. The summed E-state index contributed by atoms with van der Waals surface area (Å²) >= 11 is 0. The van der Waals surface area contributed by atoms with Gasteiger partial charge in [0.1, 0.15) is 28.8 Å². The van der Waals surface area contributed by atoms with Gasteiger partial charge in [-0.05, 0) is 55.3 Å². The maximum Gasteiger partial charge on any atom is 0.342 e. The molecule has 0 N–H and O–H groups in total. The Morgan fingerprint density at radius 1 is 1.15 bits per heavy atom. The third-order valence-electron chi connectivity index (χ3n) is 4.76. The molecule has 0 amide bonds. The maximum atomic E-state index is 13.4. The number of halogens is 2. The van der Waals surface area contributed by atoms with Crippen LogP contribution in [0.5, 0.6) is 5.75 Å². The molecule has 140 valence electrons. The topological polar surface area (TPSA) is 48.7 Å². The summed E-state index contributed by atoms with van der Waals surface area (Å²) in [4.78, 5) is 12.2. The lowest BCUT2D eigenvalue weighted by molar-refractivity contribution is 0.0526. The molecular weight excluding hydrogens is 354 g/mol. The maximum absolute atomic E-state index is 13.4. The Labute approximate surface area is 154 Å². The Morgan fingerprint density at radius 2 is 1.81 bits per heavy atom. The molecule has 0 unspecified atom stereocenters. The van der Waals surface area contributed by atoms with Crippen molar-refractivity contribution in [2.75, 3.05) is 6.61 Å². The summed E-state index contributed by atoms with van der Waals surface area (Å²) in [6.07, 6.45) is 0.775. The molecule has 3 aromatic rings. The van der Waals surface area contributed by atoms with E-state index in [-0.39, 0.29) is 12.7 Å². The highest BCUT2D eigenvalue weighted by atomic mass is 19.2. The molecule has 1 heterocycles. The van der Waals surface area contributed by atoms with E-state index in [0.717, 1.165) is 11.1 Å². The van der Waals surface area contributed by atoms with Gasteiger partial charge in [-0.3, -0.25) is 0 Å². The van der Waals surface area contributed by atoms with Gasteiger partial charge >= 0.3 is 5.97 Å². The normalized spacial score (nSPS) is 13.8. The molecule has 1 aromatic heterocycles. The van der Waals surface area contributed by atoms with Crippen LogP contribution in [0.4, 0.5) is 8.78 Å². The second-order valence-corrected chi connectivity index (χ2v) is 6.59. The zero-order valence-electron chi connectivity index (χ0n) is 15.0. The molecule has 1 aliphatic rings. The van der Waals surface area contributed by atoms with Crippen molar-refractivity contribution in [3.63, 3.8) is 0 Å².